The van der Waals surface area contributed by atoms with Crippen LogP contribution in [0.3, 0.4) is 0 Å². The van der Waals surface area contributed by atoms with Gasteiger partial charge in [-0.05, 0) is 62.7 Å². The lowest BCUT2D eigenvalue weighted by Crippen LogP contribution is -2.53. The SMILES string of the molecule is CC(O)C(N)CNC(=O)C1C2CC3CC(C2)CC1C3. The van der Waals surface area contributed by atoms with Crippen molar-refractivity contribution < 1.29 is 9.90 Å². The number of aliphatic hydroxyl groups is 1. The number of carbonyl (C=O) groups excluding carboxylic acids is 1. The highest BCUT2D eigenvalue weighted by atomic mass is 16.3. The van der Waals surface area contributed by atoms with Crippen molar-refractivity contribution in [3.8, 4) is 0 Å². The molecule has 108 valence electrons. The van der Waals surface area contributed by atoms with Gasteiger partial charge in [0.25, 0.3) is 0 Å². The maximum atomic E-state index is 12.4. The molecule has 4 N–H and O–H groups in total. The number of hydrogen-bond donors (Lipinski definition) is 3. The Hall–Kier alpha value is -0.610. The second kappa shape index (κ2) is 5.06. The number of amides is 1. The van der Waals surface area contributed by atoms with Crippen LogP contribution < -0.4 is 11.1 Å². The number of nitrogens with two attached hydrogens (primary N) is 1. The van der Waals surface area contributed by atoms with E-state index < -0.39 is 6.10 Å². The highest BCUT2D eigenvalue weighted by molar-refractivity contribution is 5.79. The third-order valence-electron chi connectivity index (χ3n) is 5.66. The van der Waals surface area contributed by atoms with E-state index in [1.807, 2.05) is 0 Å². The van der Waals surface area contributed by atoms with E-state index in [4.69, 9.17) is 5.73 Å². The number of carbonyl (C=O) groups is 1. The lowest BCUT2D eigenvalue weighted by molar-refractivity contribution is -0.138. The molecule has 4 saturated carbocycles. The predicted octanol–water partition coefficient (Wildman–Crippen LogP) is 0.883. The van der Waals surface area contributed by atoms with Gasteiger partial charge in [-0.3, -0.25) is 4.79 Å². The highest BCUT2D eigenvalue weighted by Crippen LogP contribution is 2.56. The maximum absolute atomic E-state index is 12.4. The van der Waals surface area contributed by atoms with Crippen LogP contribution in [0.1, 0.15) is 39.0 Å². The van der Waals surface area contributed by atoms with E-state index in [1.54, 1.807) is 6.92 Å². The fourth-order valence-corrected chi connectivity index (χ4v) is 4.86. The van der Waals surface area contributed by atoms with Crippen LogP contribution in [0, 0.1) is 29.6 Å². The summed E-state index contributed by atoms with van der Waals surface area (Å²) < 4.78 is 0. The standard InChI is InChI=1S/C15H26N2O2/c1-8(18)13(16)7-17-15(19)14-11-3-9-2-10(5-11)6-12(14)4-9/h8-14,18H,2-7,16H2,1H3,(H,17,19). The highest BCUT2D eigenvalue weighted by Gasteiger charge is 2.50. The topological polar surface area (TPSA) is 75.3 Å². The molecule has 1 amide bonds. The van der Waals surface area contributed by atoms with E-state index in [2.05, 4.69) is 5.32 Å². The molecule has 0 aliphatic heterocycles. The zero-order chi connectivity index (χ0) is 13.6. The van der Waals surface area contributed by atoms with Gasteiger partial charge in [-0.15, -0.1) is 0 Å². The van der Waals surface area contributed by atoms with Crippen LogP contribution in [-0.2, 0) is 4.79 Å². The molecule has 4 heteroatoms. The quantitative estimate of drug-likeness (QED) is 0.707. The Kier molecular flexibility index (Phi) is 3.56. The third-order valence-corrected chi connectivity index (χ3v) is 5.66. The smallest absolute Gasteiger partial charge is 0.223 e. The second-order valence-corrected chi connectivity index (χ2v) is 7.11. The molecule has 0 saturated heterocycles. The van der Waals surface area contributed by atoms with Gasteiger partial charge in [0.2, 0.25) is 5.91 Å². The Morgan fingerprint density at radius 1 is 1.21 bits per heavy atom. The Labute approximate surface area is 115 Å². The summed E-state index contributed by atoms with van der Waals surface area (Å²) in [7, 11) is 0. The minimum Gasteiger partial charge on any atom is -0.392 e. The molecule has 4 nitrogen and oxygen atoms in total. The van der Waals surface area contributed by atoms with Gasteiger partial charge in [0.05, 0.1) is 6.10 Å². The minimum absolute atomic E-state index is 0.185. The van der Waals surface area contributed by atoms with Gasteiger partial charge in [-0.1, -0.05) is 0 Å². The van der Waals surface area contributed by atoms with Gasteiger partial charge in [0.1, 0.15) is 0 Å². The number of hydrogen-bond acceptors (Lipinski definition) is 3. The normalized spacial score (nSPS) is 43.0. The summed E-state index contributed by atoms with van der Waals surface area (Å²) in [6, 6.07) is -0.360. The second-order valence-electron chi connectivity index (χ2n) is 7.11. The summed E-state index contributed by atoms with van der Waals surface area (Å²) in [4.78, 5) is 12.4. The Morgan fingerprint density at radius 2 is 1.74 bits per heavy atom. The molecule has 19 heavy (non-hydrogen) atoms. The summed E-state index contributed by atoms with van der Waals surface area (Å²) in [5, 5.41) is 12.3. The van der Waals surface area contributed by atoms with Gasteiger partial charge < -0.3 is 16.2 Å². The first-order valence-corrected chi connectivity index (χ1v) is 7.76. The third kappa shape index (κ3) is 2.52. The summed E-state index contributed by atoms with van der Waals surface area (Å²) in [6.07, 6.45) is 5.87. The van der Waals surface area contributed by atoms with Crippen molar-refractivity contribution in [2.75, 3.05) is 6.54 Å². The Bertz CT molecular complexity index is 328. The monoisotopic (exact) mass is 266 g/mol. The van der Waals surface area contributed by atoms with Gasteiger partial charge >= 0.3 is 0 Å². The van der Waals surface area contributed by atoms with E-state index in [-0.39, 0.29) is 17.9 Å². The molecule has 0 aromatic heterocycles. The summed E-state index contributed by atoms with van der Waals surface area (Å²) in [5.41, 5.74) is 5.77. The summed E-state index contributed by atoms with van der Waals surface area (Å²) in [6.45, 7) is 2.05. The van der Waals surface area contributed by atoms with Crippen molar-refractivity contribution in [1.82, 2.24) is 5.32 Å². The first-order valence-electron chi connectivity index (χ1n) is 7.76. The molecule has 0 aromatic carbocycles. The van der Waals surface area contributed by atoms with Crippen LogP contribution in [0.5, 0.6) is 0 Å². The largest absolute Gasteiger partial charge is 0.392 e. The predicted molar refractivity (Wildman–Crippen MR) is 73.2 cm³/mol. The van der Waals surface area contributed by atoms with Gasteiger partial charge in [0, 0.05) is 18.5 Å². The summed E-state index contributed by atoms with van der Waals surface area (Å²) in [5.74, 6) is 3.41. The molecule has 0 aromatic rings. The van der Waals surface area contributed by atoms with Crippen LogP contribution in [0.15, 0.2) is 0 Å². The number of rotatable bonds is 4. The Balaban J connectivity index is 1.58. The Morgan fingerprint density at radius 3 is 2.21 bits per heavy atom. The first kappa shape index (κ1) is 13.4. The van der Waals surface area contributed by atoms with E-state index in [0.717, 1.165) is 11.8 Å². The molecule has 0 radical (unpaired) electrons. The fourth-order valence-electron chi connectivity index (χ4n) is 4.86. The minimum atomic E-state index is -0.571. The van der Waals surface area contributed by atoms with Crippen molar-refractivity contribution in [3.05, 3.63) is 0 Å². The molecule has 0 spiro atoms. The lowest BCUT2D eigenvalue weighted by atomic mass is 9.51. The van der Waals surface area contributed by atoms with Gasteiger partial charge in [-0.25, -0.2) is 0 Å². The molecular weight excluding hydrogens is 240 g/mol. The molecule has 4 bridgehead atoms. The van der Waals surface area contributed by atoms with Crippen molar-refractivity contribution in [3.63, 3.8) is 0 Å². The fraction of sp³-hybridized carbons (Fsp3) is 0.933. The molecule has 4 rings (SSSR count). The van der Waals surface area contributed by atoms with Crippen LogP contribution in [-0.4, -0.2) is 29.7 Å². The van der Waals surface area contributed by atoms with Crippen LogP contribution in [0.25, 0.3) is 0 Å². The van der Waals surface area contributed by atoms with Crippen LogP contribution in [0.2, 0.25) is 0 Å². The molecule has 4 aliphatic rings. The molecule has 2 atom stereocenters. The molecule has 4 aliphatic carbocycles. The maximum Gasteiger partial charge on any atom is 0.223 e. The average Bonchev–Trinajstić information content (AvgIpc) is 2.34. The van der Waals surface area contributed by atoms with Crippen molar-refractivity contribution in [1.29, 1.82) is 0 Å². The molecular formula is C15H26N2O2. The van der Waals surface area contributed by atoms with E-state index in [0.29, 0.717) is 18.4 Å². The van der Waals surface area contributed by atoms with Crippen molar-refractivity contribution in [2.24, 2.45) is 35.3 Å². The number of nitrogens with one attached hydrogen (secondary N) is 1. The number of aliphatic hydroxyl groups excluding tert-OH is 1. The zero-order valence-electron chi connectivity index (χ0n) is 11.7. The van der Waals surface area contributed by atoms with Crippen molar-refractivity contribution in [2.45, 2.75) is 51.2 Å². The van der Waals surface area contributed by atoms with Crippen LogP contribution in [0.4, 0.5) is 0 Å². The molecule has 2 unspecified atom stereocenters. The van der Waals surface area contributed by atoms with E-state index >= 15 is 0 Å². The average molecular weight is 266 g/mol. The molecule has 4 fully saturated rings. The van der Waals surface area contributed by atoms with E-state index in [9.17, 15) is 9.90 Å². The zero-order valence-corrected chi connectivity index (χ0v) is 11.7. The lowest BCUT2D eigenvalue weighted by Gasteiger charge is -2.53. The molecule has 0 heterocycles. The summed E-state index contributed by atoms with van der Waals surface area (Å²) >= 11 is 0. The first-order chi connectivity index (χ1) is 9.04. The van der Waals surface area contributed by atoms with E-state index in [1.165, 1.54) is 32.1 Å². The van der Waals surface area contributed by atoms with Gasteiger partial charge in [-0.2, -0.15) is 0 Å². The van der Waals surface area contributed by atoms with Crippen LogP contribution >= 0.6 is 0 Å². The van der Waals surface area contributed by atoms with Gasteiger partial charge in [0.15, 0.2) is 0 Å². The van der Waals surface area contributed by atoms with Crippen molar-refractivity contribution >= 4 is 5.91 Å².